The standard InChI is InChI=1S/C22H23N7OS/c1-14-18(23)22(13-30-14)6-9-28(10-7-22)21-25-19-17(20-24-8-11-29(20)21)16(26-27-19)5-4-15-3-2-12-31-15/h2-3,8,11-12,14,18H,6-7,9-10,13,23H2,1H3,(H,26,27)/t14-,18+/m0/s1. The predicted molar refractivity (Wildman–Crippen MR) is 120 cm³/mol. The third kappa shape index (κ3) is 2.94. The summed E-state index contributed by atoms with van der Waals surface area (Å²) in [5, 5.41) is 10.4. The van der Waals surface area contributed by atoms with E-state index in [2.05, 4.69) is 38.8 Å². The first-order valence-corrected chi connectivity index (χ1v) is 11.4. The summed E-state index contributed by atoms with van der Waals surface area (Å²) < 4.78 is 7.91. The zero-order chi connectivity index (χ0) is 21.0. The molecule has 0 unspecified atom stereocenters. The van der Waals surface area contributed by atoms with E-state index in [4.69, 9.17) is 15.5 Å². The number of H-pyrrole nitrogens is 1. The first-order chi connectivity index (χ1) is 15.1. The van der Waals surface area contributed by atoms with Gasteiger partial charge in [0, 0.05) is 36.9 Å². The first-order valence-electron chi connectivity index (χ1n) is 10.5. The highest BCUT2D eigenvalue weighted by atomic mass is 32.1. The topological polar surface area (TPSA) is 97.4 Å². The molecule has 2 atom stereocenters. The number of imidazole rings is 1. The van der Waals surface area contributed by atoms with Gasteiger partial charge in [-0.15, -0.1) is 11.3 Å². The molecule has 2 saturated heterocycles. The molecule has 2 fully saturated rings. The van der Waals surface area contributed by atoms with Crippen molar-refractivity contribution in [2.24, 2.45) is 11.1 Å². The highest BCUT2D eigenvalue weighted by molar-refractivity contribution is 7.10. The SMILES string of the molecule is C[C@@H]1OCC2(CCN(c3nc4[nH]nc(C#Cc5cccs5)c4c4nccn34)CC2)[C@@H]1N. The number of rotatable bonds is 1. The second-order valence-electron chi connectivity index (χ2n) is 8.45. The van der Waals surface area contributed by atoms with Crippen LogP contribution in [0.3, 0.4) is 0 Å². The molecule has 6 rings (SSSR count). The lowest BCUT2D eigenvalue weighted by molar-refractivity contribution is 0.0973. The largest absolute Gasteiger partial charge is 0.376 e. The van der Waals surface area contributed by atoms with Gasteiger partial charge in [-0.1, -0.05) is 6.07 Å². The van der Waals surface area contributed by atoms with Crippen LogP contribution in [-0.2, 0) is 4.74 Å². The normalized spacial score (nSPS) is 23.0. The molecule has 0 amide bonds. The summed E-state index contributed by atoms with van der Waals surface area (Å²) in [4.78, 5) is 12.8. The highest BCUT2D eigenvalue weighted by Gasteiger charge is 2.47. The van der Waals surface area contributed by atoms with Gasteiger partial charge in [0.05, 0.1) is 23.0 Å². The molecule has 1 spiro atoms. The lowest BCUT2D eigenvalue weighted by atomic mass is 9.73. The van der Waals surface area contributed by atoms with Crippen LogP contribution in [0.4, 0.5) is 5.95 Å². The second-order valence-corrected chi connectivity index (χ2v) is 9.39. The Labute approximate surface area is 183 Å². The van der Waals surface area contributed by atoms with Crippen molar-refractivity contribution in [2.45, 2.75) is 31.9 Å². The van der Waals surface area contributed by atoms with E-state index in [0.717, 1.165) is 54.4 Å². The maximum atomic E-state index is 6.49. The summed E-state index contributed by atoms with van der Waals surface area (Å²) in [5.74, 6) is 7.22. The van der Waals surface area contributed by atoms with Crippen LogP contribution in [0, 0.1) is 17.3 Å². The molecule has 4 aromatic heterocycles. The third-order valence-electron chi connectivity index (χ3n) is 6.75. The molecule has 2 aliphatic heterocycles. The van der Waals surface area contributed by atoms with Gasteiger partial charge in [0.15, 0.2) is 11.3 Å². The quantitative estimate of drug-likeness (QED) is 0.448. The summed E-state index contributed by atoms with van der Waals surface area (Å²) in [7, 11) is 0. The Balaban J connectivity index is 1.36. The van der Waals surface area contributed by atoms with E-state index in [9.17, 15) is 0 Å². The van der Waals surface area contributed by atoms with Crippen LogP contribution in [0.1, 0.15) is 30.3 Å². The van der Waals surface area contributed by atoms with Gasteiger partial charge >= 0.3 is 0 Å². The smallest absolute Gasteiger partial charge is 0.213 e. The van der Waals surface area contributed by atoms with Crippen LogP contribution < -0.4 is 10.6 Å². The fraction of sp³-hybridized carbons (Fsp3) is 0.409. The van der Waals surface area contributed by atoms with E-state index in [1.54, 1.807) is 17.5 Å². The maximum absolute atomic E-state index is 6.49. The molecular formula is C22H23N7OS. The van der Waals surface area contributed by atoms with Crippen molar-refractivity contribution in [1.82, 2.24) is 24.6 Å². The lowest BCUT2D eigenvalue weighted by Crippen LogP contribution is -2.51. The zero-order valence-corrected chi connectivity index (χ0v) is 18.0. The Morgan fingerprint density at radius 1 is 1.32 bits per heavy atom. The number of ether oxygens (including phenoxy) is 1. The Morgan fingerprint density at radius 3 is 2.94 bits per heavy atom. The van der Waals surface area contributed by atoms with E-state index < -0.39 is 0 Å². The van der Waals surface area contributed by atoms with Crippen molar-refractivity contribution in [1.29, 1.82) is 0 Å². The van der Waals surface area contributed by atoms with Gasteiger partial charge in [0.2, 0.25) is 5.95 Å². The number of nitrogens with zero attached hydrogens (tertiary/aromatic N) is 5. The second kappa shape index (κ2) is 7.05. The van der Waals surface area contributed by atoms with E-state index in [-0.39, 0.29) is 17.6 Å². The van der Waals surface area contributed by atoms with E-state index in [1.165, 1.54) is 0 Å². The Bertz CT molecular complexity index is 1300. The summed E-state index contributed by atoms with van der Waals surface area (Å²) in [6, 6.07) is 4.08. The predicted octanol–water partition coefficient (Wildman–Crippen LogP) is 2.40. The molecule has 4 aromatic rings. The van der Waals surface area contributed by atoms with Crippen LogP contribution >= 0.6 is 11.3 Å². The molecule has 31 heavy (non-hydrogen) atoms. The number of fused-ring (bicyclic) bond motifs is 3. The molecule has 0 aliphatic carbocycles. The maximum Gasteiger partial charge on any atom is 0.213 e. The van der Waals surface area contributed by atoms with E-state index >= 15 is 0 Å². The number of anilines is 1. The Morgan fingerprint density at radius 2 is 2.19 bits per heavy atom. The van der Waals surface area contributed by atoms with Crippen LogP contribution in [0.2, 0.25) is 0 Å². The molecule has 0 radical (unpaired) electrons. The van der Waals surface area contributed by atoms with Gasteiger partial charge in [0.25, 0.3) is 0 Å². The van der Waals surface area contributed by atoms with Gasteiger partial charge in [-0.3, -0.25) is 9.50 Å². The number of hydrogen-bond acceptors (Lipinski definition) is 7. The fourth-order valence-corrected chi connectivity index (χ4v) is 5.41. The molecule has 8 nitrogen and oxygen atoms in total. The molecule has 9 heteroatoms. The van der Waals surface area contributed by atoms with Crippen LogP contribution in [0.15, 0.2) is 29.9 Å². The highest BCUT2D eigenvalue weighted by Crippen LogP contribution is 2.42. The van der Waals surface area contributed by atoms with Gasteiger partial charge in [-0.25, -0.2) is 4.98 Å². The molecular weight excluding hydrogens is 410 g/mol. The number of nitrogens with two attached hydrogens (primary N) is 1. The molecule has 2 aliphatic rings. The zero-order valence-electron chi connectivity index (χ0n) is 17.2. The molecule has 3 N–H and O–H groups in total. The van der Waals surface area contributed by atoms with Gasteiger partial charge < -0.3 is 15.4 Å². The lowest BCUT2D eigenvalue weighted by Gasteiger charge is -2.41. The molecule has 158 valence electrons. The summed E-state index contributed by atoms with van der Waals surface area (Å²) in [5.41, 5.74) is 8.76. The average molecular weight is 434 g/mol. The minimum Gasteiger partial charge on any atom is -0.376 e. The number of aromatic nitrogens is 5. The van der Waals surface area contributed by atoms with E-state index in [1.807, 2.05) is 28.1 Å². The van der Waals surface area contributed by atoms with Crippen molar-refractivity contribution in [2.75, 3.05) is 24.6 Å². The first kappa shape index (κ1) is 18.8. The number of piperidine rings is 1. The number of aromatic amines is 1. The van der Waals surface area contributed by atoms with Gasteiger partial charge in [-0.05, 0) is 43.1 Å². The fourth-order valence-electron chi connectivity index (χ4n) is 4.84. The van der Waals surface area contributed by atoms with Crippen molar-refractivity contribution in [3.63, 3.8) is 0 Å². The van der Waals surface area contributed by atoms with Gasteiger partial charge in [-0.2, -0.15) is 10.1 Å². The molecule has 0 bridgehead atoms. The molecule has 0 saturated carbocycles. The molecule has 0 aromatic carbocycles. The summed E-state index contributed by atoms with van der Waals surface area (Å²) in [6.07, 6.45) is 5.87. The van der Waals surface area contributed by atoms with Gasteiger partial charge in [0.1, 0.15) is 5.69 Å². The summed E-state index contributed by atoms with van der Waals surface area (Å²) in [6.45, 7) is 4.60. The number of thiophene rings is 1. The van der Waals surface area contributed by atoms with Crippen molar-refractivity contribution in [3.8, 4) is 11.8 Å². The van der Waals surface area contributed by atoms with E-state index in [0.29, 0.717) is 11.3 Å². The van der Waals surface area contributed by atoms with Crippen molar-refractivity contribution < 1.29 is 4.74 Å². The van der Waals surface area contributed by atoms with Crippen LogP contribution in [0.5, 0.6) is 0 Å². The minimum absolute atomic E-state index is 0.0760. The number of nitrogens with one attached hydrogen (secondary N) is 1. The molecule has 6 heterocycles. The van der Waals surface area contributed by atoms with Crippen LogP contribution in [-0.4, -0.2) is 56.4 Å². The Kier molecular flexibility index (Phi) is 4.28. The third-order valence-corrected chi connectivity index (χ3v) is 7.54. The van der Waals surface area contributed by atoms with Crippen LogP contribution in [0.25, 0.3) is 16.7 Å². The average Bonchev–Trinajstić information content (AvgIpc) is 3.58. The van der Waals surface area contributed by atoms with Crippen molar-refractivity contribution in [3.05, 3.63) is 40.5 Å². The van der Waals surface area contributed by atoms with Crippen molar-refractivity contribution >= 4 is 34.0 Å². The Hall–Kier alpha value is -2.93. The minimum atomic E-state index is 0.0760. The number of hydrogen-bond donors (Lipinski definition) is 2. The summed E-state index contributed by atoms with van der Waals surface area (Å²) >= 11 is 1.61. The monoisotopic (exact) mass is 433 g/mol.